The predicted octanol–water partition coefficient (Wildman–Crippen LogP) is 2.65. The molecule has 6 nitrogen and oxygen atoms in total. The first-order chi connectivity index (χ1) is 10.5. The molecule has 22 heavy (non-hydrogen) atoms. The van der Waals surface area contributed by atoms with E-state index in [1.54, 1.807) is 11.8 Å². The van der Waals surface area contributed by atoms with Gasteiger partial charge in [0.2, 0.25) is 0 Å². The van der Waals surface area contributed by atoms with Gasteiger partial charge in [0.05, 0.1) is 15.6 Å². The highest BCUT2D eigenvalue weighted by Crippen LogP contribution is 2.17. The summed E-state index contributed by atoms with van der Waals surface area (Å²) in [6, 6.07) is 6.06. The molecule has 0 atom stereocenters. The van der Waals surface area contributed by atoms with Gasteiger partial charge < -0.3 is 10.2 Å². The molecular formula is C14H22N4O2S2. The van der Waals surface area contributed by atoms with Crippen LogP contribution in [0, 0.1) is 10.1 Å². The van der Waals surface area contributed by atoms with Gasteiger partial charge in [-0.15, -0.1) is 23.5 Å². The van der Waals surface area contributed by atoms with Crippen LogP contribution >= 0.6 is 23.5 Å². The van der Waals surface area contributed by atoms with Gasteiger partial charge in [0.1, 0.15) is 5.03 Å². The van der Waals surface area contributed by atoms with Gasteiger partial charge in [0, 0.05) is 18.8 Å². The van der Waals surface area contributed by atoms with Crippen LogP contribution < -0.4 is 5.32 Å². The van der Waals surface area contributed by atoms with Crippen LogP contribution in [0.25, 0.3) is 0 Å². The van der Waals surface area contributed by atoms with Crippen LogP contribution in [0.15, 0.2) is 34.5 Å². The highest BCUT2D eigenvalue weighted by atomic mass is 32.2. The number of nitrogens with one attached hydrogen (secondary N) is 1. The van der Waals surface area contributed by atoms with Crippen LogP contribution in [-0.2, 0) is 6.54 Å². The van der Waals surface area contributed by atoms with E-state index in [9.17, 15) is 10.1 Å². The fourth-order valence-corrected chi connectivity index (χ4v) is 2.97. The summed E-state index contributed by atoms with van der Waals surface area (Å²) >= 11 is 3.05. The fraction of sp³-hybridized carbons (Fsp3) is 0.500. The molecule has 0 aromatic carbocycles. The molecule has 1 aromatic rings. The minimum atomic E-state index is -0.437. The summed E-state index contributed by atoms with van der Waals surface area (Å²) in [6.07, 6.45) is 3.74. The number of aromatic nitrogens is 1. The molecule has 0 bridgehead atoms. The van der Waals surface area contributed by atoms with Crippen LogP contribution in [0.4, 0.5) is 0 Å². The maximum atomic E-state index is 10.4. The second kappa shape index (κ2) is 10.5. The standard InChI is InChI=1S/C14H22N4O2S2/c1-17(2)10-12-6-4-7-13(16-12)22-9-5-8-15-14(21-3)11-18(19)20/h4,6-7,11,15H,5,8-10H2,1-3H3/b14-11-. The Bertz CT molecular complexity index is 509. The Hall–Kier alpha value is -1.25. The number of hydrogen-bond acceptors (Lipinski definition) is 7. The van der Waals surface area contributed by atoms with Gasteiger partial charge in [-0.1, -0.05) is 6.07 Å². The van der Waals surface area contributed by atoms with E-state index in [0.717, 1.165) is 35.6 Å². The van der Waals surface area contributed by atoms with Crippen molar-refractivity contribution in [1.29, 1.82) is 0 Å². The summed E-state index contributed by atoms with van der Waals surface area (Å²) in [5, 5.41) is 15.1. The Morgan fingerprint density at radius 1 is 1.50 bits per heavy atom. The smallest absolute Gasteiger partial charge is 0.263 e. The second-order valence-electron chi connectivity index (χ2n) is 4.82. The molecule has 0 aliphatic carbocycles. The Kier molecular flexibility index (Phi) is 8.95. The molecule has 0 unspecified atom stereocenters. The Morgan fingerprint density at radius 2 is 2.27 bits per heavy atom. The van der Waals surface area contributed by atoms with E-state index in [1.165, 1.54) is 11.8 Å². The molecule has 0 saturated heterocycles. The van der Waals surface area contributed by atoms with Crippen LogP contribution in [-0.4, -0.2) is 47.5 Å². The van der Waals surface area contributed by atoms with E-state index in [1.807, 2.05) is 38.6 Å². The van der Waals surface area contributed by atoms with Gasteiger partial charge in [-0.3, -0.25) is 10.1 Å². The van der Waals surface area contributed by atoms with E-state index in [-0.39, 0.29) is 0 Å². The zero-order valence-electron chi connectivity index (χ0n) is 13.1. The third-order valence-corrected chi connectivity index (χ3v) is 4.28. The third kappa shape index (κ3) is 8.26. The van der Waals surface area contributed by atoms with Crippen LogP contribution in [0.1, 0.15) is 12.1 Å². The molecule has 0 aliphatic heterocycles. The SMILES string of the molecule is CS/C(=C\[N+](=O)[O-])NCCCSc1cccc(CN(C)C)n1. The normalized spacial score (nSPS) is 11.7. The highest BCUT2D eigenvalue weighted by molar-refractivity contribution is 8.02. The van der Waals surface area contributed by atoms with Crippen molar-refractivity contribution in [2.24, 2.45) is 0 Å². The van der Waals surface area contributed by atoms with Crippen molar-refractivity contribution in [2.45, 2.75) is 18.0 Å². The van der Waals surface area contributed by atoms with E-state index in [0.29, 0.717) is 11.6 Å². The van der Waals surface area contributed by atoms with E-state index in [2.05, 4.69) is 15.2 Å². The van der Waals surface area contributed by atoms with Gasteiger partial charge >= 0.3 is 0 Å². The number of pyridine rings is 1. The van der Waals surface area contributed by atoms with Gasteiger partial charge in [-0.05, 0) is 38.9 Å². The lowest BCUT2D eigenvalue weighted by Gasteiger charge is -2.10. The first-order valence-corrected chi connectivity index (χ1v) is 9.09. The van der Waals surface area contributed by atoms with Crippen molar-refractivity contribution < 1.29 is 4.92 Å². The summed E-state index contributed by atoms with van der Waals surface area (Å²) in [6.45, 7) is 1.55. The average molecular weight is 342 g/mol. The molecule has 0 fully saturated rings. The van der Waals surface area contributed by atoms with Gasteiger partial charge in [-0.25, -0.2) is 4.98 Å². The summed E-state index contributed by atoms with van der Waals surface area (Å²) in [7, 11) is 4.05. The topological polar surface area (TPSA) is 71.3 Å². The molecule has 1 aromatic heterocycles. The Labute approximate surface area is 139 Å². The molecule has 0 radical (unpaired) electrons. The second-order valence-corrected chi connectivity index (χ2v) is 6.78. The molecule has 1 rings (SSSR count). The maximum Gasteiger partial charge on any atom is 0.263 e. The lowest BCUT2D eigenvalue weighted by atomic mass is 10.3. The predicted molar refractivity (Wildman–Crippen MR) is 93.6 cm³/mol. The van der Waals surface area contributed by atoms with Crippen molar-refractivity contribution >= 4 is 23.5 Å². The lowest BCUT2D eigenvalue weighted by Crippen LogP contribution is -2.14. The molecule has 8 heteroatoms. The molecule has 0 saturated carbocycles. The third-order valence-electron chi connectivity index (χ3n) is 2.57. The largest absolute Gasteiger partial charge is 0.375 e. The minimum Gasteiger partial charge on any atom is -0.375 e. The average Bonchev–Trinajstić information content (AvgIpc) is 2.45. The first-order valence-electron chi connectivity index (χ1n) is 6.88. The van der Waals surface area contributed by atoms with Gasteiger partial charge in [-0.2, -0.15) is 0 Å². The molecule has 122 valence electrons. The number of nitrogens with zero attached hydrogens (tertiary/aromatic N) is 3. The summed E-state index contributed by atoms with van der Waals surface area (Å²) in [5.41, 5.74) is 1.06. The lowest BCUT2D eigenvalue weighted by molar-refractivity contribution is -0.403. The van der Waals surface area contributed by atoms with E-state index >= 15 is 0 Å². The molecule has 1 heterocycles. The molecule has 0 aliphatic rings. The number of rotatable bonds is 10. The van der Waals surface area contributed by atoms with Crippen molar-refractivity contribution in [1.82, 2.24) is 15.2 Å². The summed E-state index contributed by atoms with van der Waals surface area (Å²) < 4.78 is 0. The summed E-state index contributed by atoms with van der Waals surface area (Å²) in [5.74, 6) is 0.922. The zero-order valence-corrected chi connectivity index (χ0v) is 14.7. The first kappa shape index (κ1) is 18.8. The number of hydrogen-bond donors (Lipinski definition) is 1. The summed E-state index contributed by atoms with van der Waals surface area (Å²) in [4.78, 5) is 16.7. The van der Waals surface area contributed by atoms with Crippen molar-refractivity contribution in [2.75, 3.05) is 32.6 Å². The van der Waals surface area contributed by atoms with Crippen molar-refractivity contribution in [3.8, 4) is 0 Å². The highest BCUT2D eigenvalue weighted by Gasteiger charge is 2.02. The van der Waals surface area contributed by atoms with Gasteiger partial charge in [0.15, 0.2) is 0 Å². The van der Waals surface area contributed by atoms with E-state index in [4.69, 9.17) is 0 Å². The molecule has 0 amide bonds. The molecule has 1 N–H and O–H groups in total. The van der Waals surface area contributed by atoms with Gasteiger partial charge in [0.25, 0.3) is 6.20 Å². The van der Waals surface area contributed by atoms with E-state index < -0.39 is 4.92 Å². The Balaban J connectivity index is 2.31. The maximum absolute atomic E-state index is 10.4. The number of nitro groups is 1. The minimum absolute atomic E-state index is 0.437. The van der Waals surface area contributed by atoms with Crippen molar-refractivity contribution in [3.05, 3.63) is 45.2 Å². The van der Waals surface area contributed by atoms with Crippen LogP contribution in [0.3, 0.4) is 0 Å². The fourth-order valence-electron chi connectivity index (χ4n) is 1.68. The Morgan fingerprint density at radius 3 is 2.91 bits per heavy atom. The van der Waals surface area contributed by atoms with Crippen LogP contribution in [0.2, 0.25) is 0 Å². The van der Waals surface area contributed by atoms with Crippen molar-refractivity contribution in [3.63, 3.8) is 0 Å². The van der Waals surface area contributed by atoms with Crippen LogP contribution in [0.5, 0.6) is 0 Å². The monoisotopic (exact) mass is 342 g/mol. The number of thioether (sulfide) groups is 2. The molecule has 0 spiro atoms. The zero-order chi connectivity index (χ0) is 16.4. The quantitative estimate of drug-likeness (QED) is 0.303. The molecular weight excluding hydrogens is 320 g/mol.